The number of hydrogen-bond donors (Lipinski definition) is 0. The van der Waals surface area contributed by atoms with Gasteiger partial charge in [0.2, 0.25) is 0 Å². The lowest BCUT2D eigenvalue weighted by molar-refractivity contribution is 1.05. The zero-order valence-electron chi connectivity index (χ0n) is 28.8. The summed E-state index contributed by atoms with van der Waals surface area (Å²) >= 11 is 0. The van der Waals surface area contributed by atoms with Gasteiger partial charge in [-0.1, -0.05) is 127 Å². The van der Waals surface area contributed by atoms with Crippen LogP contribution in [-0.4, -0.2) is 29.9 Å². The lowest BCUT2D eigenvalue weighted by Gasteiger charge is -2.16. The highest BCUT2D eigenvalue weighted by Crippen LogP contribution is 2.42. The van der Waals surface area contributed by atoms with Gasteiger partial charge >= 0.3 is 0 Å². The maximum atomic E-state index is 5.34. The molecule has 7 aromatic carbocycles. The van der Waals surface area contributed by atoms with Gasteiger partial charge in [0.25, 0.3) is 0 Å². The van der Waals surface area contributed by atoms with Crippen molar-refractivity contribution in [2.24, 2.45) is 0 Å². The molecule has 11 rings (SSSR count). The molecular formula is C48H28N6. The molecule has 0 N–H and O–H groups in total. The van der Waals surface area contributed by atoms with Crippen molar-refractivity contribution in [1.29, 1.82) is 0 Å². The minimum atomic E-state index is 0.478. The summed E-state index contributed by atoms with van der Waals surface area (Å²) in [6.07, 6.45) is 0. The Morgan fingerprint density at radius 1 is 0.296 bits per heavy atom. The maximum absolute atomic E-state index is 5.34. The monoisotopic (exact) mass is 688 g/mol. The van der Waals surface area contributed by atoms with Gasteiger partial charge in [-0.05, 0) is 64.0 Å². The molecule has 0 atom stereocenters. The second kappa shape index (κ2) is 12.1. The van der Waals surface area contributed by atoms with Crippen molar-refractivity contribution < 1.29 is 0 Å². The molecule has 54 heavy (non-hydrogen) atoms. The van der Waals surface area contributed by atoms with Gasteiger partial charge in [0.1, 0.15) is 11.4 Å². The zero-order valence-corrected chi connectivity index (χ0v) is 28.8. The quantitative estimate of drug-likeness (QED) is 0.171. The number of rotatable bonds is 4. The molecule has 0 aliphatic rings. The predicted molar refractivity (Wildman–Crippen MR) is 220 cm³/mol. The molecule has 6 nitrogen and oxygen atoms in total. The molecule has 0 spiro atoms. The van der Waals surface area contributed by atoms with E-state index in [0.29, 0.717) is 28.9 Å². The fourth-order valence-electron chi connectivity index (χ4n) is 7.66. The summed E-state index contributed by atoms with van der Waals surface area (Å²) in [4.78, 5) is 30.8. The second-order valence-electron chi connectivity index (χ2n) is 13.5. The molecule has 0 saturated heterocycles. The first-order valence-electron chi connectivity index (χ1n) is 18.0. The molecule has 0 saturated carbocycles. The van der Waals surface area contributed by atoms with E-state index in [2.05, 4.69) is 121 Å². The lowest BCUT2D eigenvalue weighted by Crippen LogP contribution is -2.03. The lowest BCUT2D eigenvalue weighted by atomic mass is 9.91. The maximum Gasteiger partial charge on any atom is 0.182 e. The van der Waals surface area contributed by atoms with Gasteiger partial charge < -0.3 is 0 Å². The molecule has 0 bridgehead atoms. The number of para-hydroxylation sites is 3. The summed E-state index contributed by atoms with van der Waals surface area (Å²) in [5.41, 5.74) is 6.84. The van der Waals surface area contributed by atoms with Gasteiger partial charge in [-0.15, -0.1) is 0 Å². The number of hydrogen-bond acceptors (Lipinski definition) is 6. The average molecular weight is 689 g/mol. The summed E-state index contributed by atoms with van der Waals surface area (Å²) in [5.74, 6) is 1.49. The number of benzene rings is 7. The Morgan fingerprint density at radius 3 is 1.50 bits per heavy atom. The van der Waals surface area contributed by atoms with Crippen molar-refractivity contribution in [2.75, 3.05) is 0 Å². The van der Waals surface area contributed by atoms with Crippen LogP contribution < -0.4 is 0 Å². The normalized spacial score (nSPS) is 11.7. The van der Waals surface area contributed by atoms with E-state index in [1.54, 1.807) is 0 Å². The molecular weight excluding hydrogens is 661 g/mol. The third-order valence-electron chi connectivity index (χ3n) is 10.3. The first-order chi connectivity index (χ1) is 26.7. The third-order valence-corrected chi connectivity index (χ3v) is 10.3. The van der Waals surface area contributed by atoms with E-state index in [1.165, 1.54) is 5.39 Å². The van der Waals surface area contributed by atoms with Crippen molar-refractivity contribution in [2.45, 2.75) is 0 Å². The molecule has 250 valence electrons. The highest BCUT2D eigenvalue weighted by molar-refractivity contribution is 6.25. The van der Waals surface area contributed by atoms with E-state index in [4.69, 9.17) is 29.9 Å². The van der Waals surface area contributed by atoms with E-state index >= 15 is 0 Å². The van der Waals surface area contributed by atoms with Crippen LogP contribution in [0.3, 0.4) is 0 Å². The molecule has 11 aromatic rings. The van der Waals surface area contributed by atoms with Crippen LogP contribution in [0.2, 0.25) is 0 Å². The van der Waals surface area contributed by atoms with E-state index < -0.39 is 0 Å². The Hall–Kier alpha value is -7.44. The molecule has 0 aliphatic carbocycles. The van der Waals surface area contributed by atoms with Gasteiger partial charge in [0.05, 0.1) is 22.2 Å². The molecule has 0 aliphatic heterocycles. The van der Waals surface area contributed by atoms with E-state index in [0.717, 1.165) is 76.5 Å². The molecule has 6 heteroatoms. The van der Waals surface area contributed by atoms with Crippen molar-refractivity contribution in [3.63, 3.8) is 0 Å². The van der Waals surface area contributed by atoms with Crippen molar-refractivity contribution in [3.8, 4) is 45.7 Å². The Labute approximate surface area is 309 Å². The largest absolute Gasteiger partial charge is 0.247 e. The number of aromatic nitrogens is 6. The van der Waals surface area contributed by atoms with Crippen LogP contribution >= 0.6 is 0 Å². The predicted octanol–water partition coefficient (Wildman–Crippen LogP) is 11.6. The van der Waals surface area contributed by atoms with Crippen LogP contribution in [0.25, 0.3) is 111 Å². The highest BCUT2D eigenvalue weighted by atomic mass is 15.1. The summed E-state index contributed by atoms with van der Waals surface area (Å²) in [6, 6.07) is 58.4. The van der Waals surface area contributed by atoms with Gasteiger partial charge in [-0.3, -0.25) is 0 Å². The second-order valence-corrected chi connectivity index (χ2v) is 13.5. The summed E-state index contributed by atoms with van der Waals surface area (Å²) in [5, 5.41) is 9.84. The summed E-state index contributed by atoms with van der Waals surface area (Å²) < 4.78 is 0. The molecule has 4 aromatic heterocycles. The fraction of sp³-hybridized carbons (Fsp3) is 0. The van der Waals surface area contributed by atoms with Crippen LogP contribution in [0.4, 0.5) is 0 Å². The summed E-state index contributed by atoms with van der Waals surface area (Å²) in [6.45, 7) is 0. The van der Waals surface area contributed by atoms with E-state index in [-0.39, 0.29) is 0 Å². The minimum absolute atomic E-state index is 0.478. The number of pyridine rings is 3. The van der Waals surface area contributed by atoms with Gasteiger partial charge in [-0.25, -0.2) is 29.9 Å². The van der Waals surface area contributed by atoms with Crippen LogP contribution in [0.5, 0.6) is 0 Å². The summed E-state index contributed by atoms with van der Waals surface area (Å²) in [7, 11) is 0. The minimum Gasteiger partial charge on any atom is -0.247 e. The first-order valence-corrected chi connectivity index (χ1v) is 18.0. The van der Waals surface area contributed by atoms with Gasteiger partial charge in [-0.2, -0.15) is 0 Å². The molecule has 4 heterocycles. The SMILES string of the molecule is c1ccc2cc(-c3nc4ccccc4c4c3cc(-c3nc(-c5ccc6ccccc6n5)nc(-c5ccc6ccccc6n5)n3)c3ccccc34)ccc2c1. The zero-order chi connectivity index (χ0) is 35.6. The standard InChI is InChI=1S/C48H28N6/c1-2-14-32-27-33(22-21-29(32)11-1)45-38-28-37(34-15-5-6-16-35(34)44(38)36-17-7-10-20-41(36)51-45)46-52-47(42-25-23-30-12-3-8-18-39(30)49-42)54-48(53-46)43-26-24-31-13-4-9-19-40(31)50-43/h1-28H. The Bertz CT molecular complexity index is 3200. The third kappa shape index (κ3) is 4.96. The molecule has 0 amide bonds. The van der Waals surface area contributed by atoms with Crippen LogP contribution in [0.1, 0.15) is 0 Å². The Kier molecular flexibility index (Phi) is 6.75. The van der Waals surface area contributed by atoms with Crippen LogP contribution in [0, 0.1) is 0 Å². The average Bonchev–Trinajstić information content (AvgIpc) is 3.25. The fourth-order valence-corrected chi connectivity index (χ4v) is 7.66. The van der Waals surface area contributed by atoms with Gasteiger partial charge in [0.15, 0.2) is 17.5 Å². The van der Waals surface area contributed by atoms with Crippen molar-refractivity contribution in [3.05, 3.63) is 170 Å². The molecule has 0 unspecified atom stereocenters. The smallest absolute Gasteiger partial charge is 0.182 e. The number of nitrogens with zero attached hydrogens (tertiary/aromatic N) is 6. The topological polar surface area (TPSA) is 77.3 Å². The Morgan fingerprint density at radius 2 is 0.815 bits per heavy atom. The molecule has 0 radical (unpaired) electrons. The highest BCUT2D eigenvalue weighted by Gasteiger charge is 2.21. The van der Waals surface area contributed by atoms with Gasteiger partial charge in [0, 0.05) is 38.1 Å². The van der Waals surface area contributed by atoms with E-state index in [1.807, 2.05) is 48.5 Å². The Balaban J connectivity index is 1.23. The van der Waals surface area contributed by atoms with E-state index in [9.17, 15) is 0 Å². The van der Waals surface area contributed by atoms with Crippen molar-refractivity contribution in [1.82, 2.24) is 29.9 Å². The molecule has 0 fully saturated rings. The number of fused-ring (bicyclic) bond motifs is 8. The van der Waals surface area contributed by atoms with Crippen LogP contribution in [0.15, 0.2) is 170 Å². The van der Waals surface area contributed by atoms with Crippen LogP contribution in [-0.2, 0) is 0 Å². The first kappa shape index (κ1) is 30.2. The van der Waals surface area contributed by atoms with Crippen molar-refractivity contribution >= 4 is 65.0 Å².